The van der Waals surface area contributed by atoms with E-state index in [4.69, 9.17) is 18.0 Å². The molecule has 6 nitrogen and oxygen atoms in total. The summed E-state index contributed by atoms with van der Waals surface area (Å²) in [5.74, 6) is -0.363. The summed E-state index contributed by atoms with van der Waals surface area (Å²) >= 11 is 4.87. The number of benzene rings is 1. The Morgan fingerprint density at radius 3 is 2.48 bits per heavy atom. The summed E-state index contributed by atoms with van der Waals surface area (Å²) in [5, 5.41) is 2.41. The lowest BCUT2D eigenvalue weighted by molar-refractivity contribution is -0.120. The lowest BCUT2D eigenvalue weighted by Crippen LogP contribution is -2.39. The van der Waals surface area contributed by atoms with Gasteiger partial charge in [0.1, 0.15) is 4.99 Å². The highest BCUT2D eigenvalue weighted by Crippen LogP contribution is 2.21. The first-order chi connectivity index (χ1) is 9.73. The average Bonchev–Trinajstić information content (AvgIpc) is 2.43. The van der Waals surface area contributed by atoms with Crippen LogP contribution in [-0.4, -0.2) is 43.8 Å². The number of likely N-dealkylation sites (N-methyl/N-ethyl adjacent to an activating group) is 2. The molecule has 1 aromatic carbocycles. The summed E-state index contributed by atoms with van der Waals surface area (Å²) in [5.41, 5.74) is 6.68. The van der Waals surface area contributed by atoms with Gasteiger partial charge in [0.25, 0.3) is 0 Å². The SMILES string of the molecule is CCN(CC(=O)NC)S(=O)(=O)c1ccc(C(N)=S)cc1C. The van der Waals surface area contributed by atoms with Gasteiger partial charge >= 0.3 is 0 Å². The predicted molar refractivity (Wildman–Crippen MR) is 85.6 cm³/mol. The van der Waals surface area contributed by atoms with E-state index >= 15 is 0 Å². The molecule has 0 radical (unpaired) electrons. The van der Waals surface area contributed by atoms with Gasteiger partial charge in [0.2, 0.25) is 15.9 Å². The van der Waals surface area contributed by atoms with E-state index in [1.54, 1.807) is 26.0 Å². The number of hydrogen-bond donors (Lipinski definition) is 2. The average molecular weight is 329 g/mol. The fourth-order valence-electron chi connectivity index (χ4n) is 1.84. The summed E-state index contributed by atoms with van der Waals surface area (Å²) in [4.78, 5) is 11.8. The molecule has 0 spiro atoms. The van der Waals surface area contributed by atoms with Crippen molar-refractivity contribution in [1.82, 2.24) is 9.62 Å². The zero-order valence-electron chi connectivity index (χ0n) is 12.2. The Bertz CT molecular complexity index is 657. The first kappa shape index (κ1) is 17.5. The number of nitrogens with two attached hydrogens (primary N) is 1. The van der Waals surface area contributed by atoms with Gasteiger partial charge in [-0.05, 0) is 24.6 Å². The molecule has 0 saturated heterocycles. The Labute approximate surface area is 130 Å². The topological polar surface area (TPSA) is 92.5 Å². The second-order valence-corrected chi connectivity index (χ2v) is 6.80. The van der Waals surface area contributed by atoms with Gasteiger partial charge in [-0.3, -0.25) is 4.79 Å². The highest BCUT2D eigenvalue weighted by atomic mass is 32.2. The molecular weight excluding hydrogens is 310 g/mol. The molecule has 0 aliphatic heterocycles. The van der Waals surface area contributed by atoms with Gasteiger partial charge in [-0.15, -0.1) is 0 Å². The van der Waals surface area contributed by atoms with Crippen LogP contribution in [0.1, 0.15) is 18.1 Å². The van der Waals surface area contributed by atoms with Crippen LogP contribution >= 0.6 is 12.2 Å². The van der Waals surface area contributed by atoms with Crippen LogP contribution in [0.2, 0.25) is 0 Å². The monoisotopic (exact) mass is 329 g/mol. The quantitative estimate of drug-likeness (QED) is 0.736. The molecule has 21 heavy (non-hydrogen) atoms. The second-order valence-electron chi connectivity index (χ2n) is 4.45. The van der Waals surface area contributed by atoms with Crippen molar-refractivity contribution >= 4 is 33.1 Å². The van der Waals surface area contributed by atoms with Crippen LogP contribution in [0.4, 0.5) is 0 Å². The Hall–Kier alpha value is -1.51. The molecule has 1 rings (SSSR count). The fraction of sp³-hybridized carbons (Fsp3) is 0.385. The van der Waals surface area contributed by atoms with Crippen LogP contribution in [-0.2, 0) is 14.8 Å². The second kappa shape index (κ2) is 6.97. The Balaban J connectivity index is 3.23. The first-order valence-electron chi connectivity index (χ1n) is 6.35. The van der Waals surface area contributed by atoms with E-state index < -0.39 is 10.0 Å². The number of carbonyl (C=O) groups excluding carboxylic acids is 1. The minimum atomic E-state index is -3.74. The van der Waals surface area contributed by atoms with Crippen LogP contribution < -0.4 is 11.1 Å². The third kappa shape index (κ3) is 3.99. The van der Waals surface area contributed by atoms with Gasteiger partial charge in [-0.25, -0.2) is 8.42 Å². The molecule has 0 aliphatic rings. The normalized spacial score (nSPS) is 11.4. The molecule has 0 aromatic heterocycles. The summed E-state index contributed by atoms with van der Waals surface area (Å²) in [6.45, 7) is 3.33. The first-order valence-corrected chi connectivity index (χ1v) is 8.20. The van der Waals surface area contributed by atoms with Crippen molar-refractivity contribution < 1.29 is 13.2 Å². The zero-order chi connectivity index (χ0) is 16.2. The van der Waals surface area contributed by atoms with Gasteiger partial charge in [-0.1, -0.05) is 25.2 Å². The lowest BCUT2D eigenvalue weighted by Gasteiger charge is -2.21. The van der Waals surface area contributed by atoms with Gasteiger partial charge in [-0.2, -0.15) is 4.31 Å². The number of sulfonamides is 1. The third-order valence-corrected chi connectivity index (χ3v) is 5.35. The van der Waals surface area contributed by atoms with Gasteiger partial charge in [0, 0.05) is 19.2 Å². The fourth-order valence-corrected chi connectivity index (χ4v) is 3.58. The number of amides is 1. The van der Waals surface area contributed by atoms with Gasteiger partial charge < -0.3 is 11.1 Å². The molecule has 0 unspecified atom stereocenters. The molecule has 3 N–H and O–H groups in total. The van der Waals surface area contributed by atoms with Gasteiger partial charge in [0.05, 0.1) is 11.4 Å². The van der Waals surface area contributed by atoms with Crippen molar-refractivity contribution in [2.45, 2.75) is 18.7 Å². The maximum Gasteiger partial charge on any atom is 0.243 e. The summed E-state index contributed by atoms with van der Waals surface area (Å²) in [6.07, 6.45) is 0. The van der Waals surface area contributed by atoms with E-state index in [9.17, 15) is 13.2 Å². The van der Waals surface area contributed by atoms with Crippen LogP contribution in [0.15, 0.2) is 23.1 Å². The minimum absolute atomic E-state index is 0.147. The molecule has 8 heteroatoms. The predicted octanol–water partition coefficient (Wildman–Crippen LogP) is 0.386. The third-order valence-electron chi connectivity index (χ3n) is 3.03. The summed E-state index contributed by atoms with van der Waals surface area (Å²) in [7, 11) is -2.28. The van der Waals surface area contributed by atoms with Crippen molar-refractivity contribution in [3.05, 3.63) is 29.3 Å². The summed E-state index contributed by atoms with van der Waals surface area (Å²) < 4.78 is 26.3. The van der Waals surface area contributed by atoms with E-state index in [0.29, 0.717) is 11.1 Å². The van der Waals surface area contributed by atoms with E-state index in [2.05, 4.69) is 5.32 Å². The number of nitrogens with zero attached hydrogens (tertiary/aromatic N) is 1. The van der Waals surface area contributed by atoms with Crippen LogP contribution in [0.3, 0.4) is 0 Å². The van der Waals surface area contributed by atoms with E-state index in [-0.39, 0.29) is 28.9 Å². The smallest absolute Gasteiger partial charge is 0.243 e. The molecule has 0 heterocycles. The number of nitrogens with one attached hydrogen (secondary N) is 1. The van der Waals surface area contributed by atoms with Crippen molar-refractivity contribution in [2.24, 2.45) is 5.73 Å². The van der Waals surface area contributed by atoms with Crippen molar-refractivity contribution in [1.29, 1.82) is 0 Å². The summed E-state index contributed by atoms with van der Waals surface area (Å²) in [6, 6.07) is 4.66. The number of hydrogen-bond acceptors (Lipinski definition) is 4. The molecular formula is C13H19N3O3S2. The molecule has 0 bridgehead atoms. The number of aryl methyl sites for hydroxylation is 1. The van der Waals surface area contributed by atoms with Crippen LogP contribution in [0.25, 0.3) is 0 Å². The van der Waals surface area contributed by atoms with Gasteiger partial charge in [0.15, 0.2) is 0 Å². The van der Waals surface area contributed by atoms with Crippen molar-refractivity contribution in [3.8, 4) is 0 Å². The van der Waals surface area contributed by atoms with E-state index in [1.165, 1.54) is 13.1 Å². The van der Waals surface area contributed by atoms with Crippen molar-refractivity contribution in [2.75, 3.05) is 20.1 Å². The molecule has 0 aliphatic carbocycles. The largest absolute Gasteiger partial charge is 0.389 e. The number of rotatable bonds is 6. The van der Waals surface area contributed by atoms with Crippen molar-refractivity contribution in [3.63, 3.8) is 0 Å². The molecule has 116 valence electrons. The molecule has 0 atom stereocenters. The maximum atomic E-state index is 12.6. The molecule has 0 saturated carbocycles. The van der Waals surface area contributed by atoms with E-state index in [0.717, 1.165) is 4.31 Å². The number of thiocarbonyl (C=S) groups is 1. The van der Waals surface area contributed by atoms with Crippen LogP contribution in [0.5, 0.6) is 0 Å². The molecule has 0 fully saturated rings. The Morgan fingerprint density at radius 2 is 2.05 bits per heavy atom. The zero-order valence-corrected chi connectivity index (χ0v) is 13.8. The lowest BCUT2D eigenvalue weighted by atomic mass is 10.1. The standard InChI is InChI=1S/C13H19N3O3S2/c1-4-16(8-12(17)15-3)21(18,19)11-6-5-10(13(14)20)7-9(11)2/h5-7H,4,8H2,1-3H3,(H2,14,20)(H,15,17). The Kier molecular flexibility index (Phi) is 5.82. The minimum Gasteiger partial charge on any atom is -0.389 e. The highest BCUT2D eigenvalue weighted by Gasteiger charge is 2.26. The molecule has 1 amide bonds. The van der Waals surface area contributed by atoms with Crippen LogP contribution in [0, 0.1) is 6.92 Å². The Morgan fingerprint density at radius 1 is 1.43 bits per heavy atom. The molecule has 1 aromatic rings. The maximum absolute atomic E-state index is 12.6. The number of carbonyl (C=O) groups is 1. The van der Waals surface area contributed by atoms with E-state index in [1.807, 2.05) is 0 Å². The highest BCUT2D eigenvalue weighted by molar-refractivity contribution is 7.89.